The summed E-state index contributed by atoms with van der Waals surface area (Å²) in [5.74, 6) is -0.482. The van der Waals surface area contributed by atoms with E-state index in [1.165, 1.54) is 6.26 Å². The monoisotopic (exact) mass is 275 g/mol. The first-order valence-corrected chi connectivity index (χ1v) is 6.36. The summed E-state index contributed by atoms with van der Waals surface area (Å²) in [6.45, 7) is 4.54. The van der Waals surface area contributed by atoms with Crippen molar-refractivity contribution in [2.45, 2.75) is 20.4 Å². The zero-order chi connectivity index (χ0) is 14.5. The van der Waals surface area contributed by atoms with Crippen LogP contribution < -0.4 is 4.90 Å². The summed E-state index contributed by atoms with van der Waals surface area (Å²) >= 11 is 0. The molecule has 0 aliphatic carbocycles. The maximum Gasteiger partial charge on any atom is 0.360 e. The number of aryl methyl sites for hydroxylation is 1. The van der Waals surface area contributed by atoms with Crippen LogP contribution in [0.2, 0.25) is 0 Å². The van der Waals surface area contributed by atoms with Gasteiger partial charge in [0.05, 0.1) is 18.8 Å². The Labute approximate surface area is 117 Å². The standard InChI is InChI=1S/C14H17N3O3/c1-4-19-13(18)12-9-20-14(16-12)17(3)8-11-7-5-6-10(2)15-11/h5-7,9H,4,8H2,1-3H3. The van der Waals surface area contributed by atoms with Gasteiger partial charge < -0.3 is 14.1 Å². The predicted molar refractivity (Wildman–Crippen MR) is 73.5 cm³/mol. The highest BCUT2D eigenvalue weighted by molar-refractivity contribution is 5.87. The van der Waals surface area contributed by atoms with Crippen molar-refractivity contribution < 1.29 is 13.9 Å². The van der Waals surface area contributed by atoms with Crippen LogP contribution in [0.3, 0.4) is 0 Å². The summed E-state index contributed by atoms with van der Waals surface area (Å²) in [6, 6.07) is 6.17. The minimum absolute atomic E-state index is 0.172. The Hall–Kier alpha value is -2.37. The van der Waals surface area contributed by atoms with Gasteiger partial charge >= 0.3 is 5.97 Å². The molecule has 0 aliphatic rings. The van der Waals surface area contributed by atoms with Crippen molar-refractivity contribution in [3.05, 3.63) is 41.5 Å². The van der Waals surface area contributed by atoms with Gasteiger partial charge in [0.15, 0.2) is 5.69 Å². The van der Waals surface area contributed by atoms with Crippen LogP contribution in [-0.2, 0) is 11.3 Å². The van der Waals surface area contributed by atoms with E-state index in [0.717, 1.165) is 11.4 Å². The fourth-order valence-electron chi connectivity index (χ4n) is 1.74. The van der Waals surface area contributed by atoms with Crippen molar-refractivity contribution in [3.8, 4) is 0 Å². The van der Waals surface area contributed by atoms with E-state index in [4.69, 9.17) is 9.15 Å². The molecule has 0 atom stereocenters. The van der Waals surface area contributed by atoms with E-state index in [1.807, 2.05) is 32.2 Å². The van der Waals surface area contributed by atoms with Gasteiger partial charge in [0, 0.05) is 12.7 Å². The Bertz CT molecular complexity index is 595. The lowest BCUT2D eigenvalue weighted by Crippen LogP contribution is -2.18. The zero-order valence-electron chi connectivity index (χ0n) is 11.8. The molecular weight excluding hydrogens is 258 g/mol. The van der Waals surface area contributed by atoms with E-state index in [2.05, 4.69) is 9.97 Å². The molecule has 0 aliphatic heterocycles. The normalized spacial score (nSPS) is 10.3. The van der Waals surface area contributed by atoms with Crippen molar-refractivity contribution in [2.75, 3.05) is 18.6 Å². The lowest BCUT2D eigenvalue weighted by Gasteiger charge is -2.13. The number of pyridine rings is 1. The SMILES string of the molecule is CCOC(=O)c1coc(N(C)Cc2cccc(C)n2)n1. The maximum atomic E-state index is 11.5. The molecule has 106 valence electrons. The highest BCUT2D eigenvalue weighted by Crippen LogP contribution is 2.15. The van der Waals surface area contributed by atoms with Gasteiger partial charge in [0.1, 0.15) is 6.26 Å². The van der Waals surface area contributed by atoms with Crippen LogP contribution in [0.4, 0.5) is 6.01 Å². The number of rotatable bonds is 5. The first-order valence-electron chi connectivity index (χ1n) is 6.36. The first-order chi connectivity index (χ1) is 9.60. The summed E-state index contributed by atoms with van der Waals surface area (Å²) in [4.78, 5) is 21.8. The molecule has 0 saturated carbocycles. The van der Waals surface area contributed by atoms with Gasteiger partial charge in [-0.2, -0.15) is 4.98 Å². The van der Waals surface area contributed by atoms with Crippen LogP contribution in [0, 0.1) is 6.92 Å². The fourth-order valence-corrected chi connectivity index (χ4v) is 1.74. The second kappa shape index (κ2) is 6.18. The Balaban J connectivity index is 2.06. The van der Waals surface area contributed by atoms with Crippen molar-refractivity contribution >= 4 is 12.0 Å². The van der Waals surface area contributed by atoms with Gasteiger partial charge in [0.2, 0.25) is 0 Å². The molecule has 2 aromatic heterocycles. The molecule has 20 heavy (non-hydrogen) atoms. The molecule has 6 nitrogen and oxygen atoms in total. The number of carbonyl (C=O) groups excluding carboxylic acids is 1. The number of hydrogen-bond acceptors (Lipinski definition) is 6. The Kier molecular flexibility index (Phi) is 4.34. The third-order valence-electron chi connectivity index (χ3n) is 2.65. The molecule has 0 N–H and O–H groups in total. The Morgan fingerprint density at radius 3 is 2.90 bits per heavy atom. The topological polar surface area (TPSA) is 68.5 Å². The highest BCUT2D eigenvalue weighted by atomic mass is 16.5. The molecule has 0 bridgehead atoms. The number of ether oxygens (including phenoxy) is 1. The molecule has 0 amide bonds. The molecule has 0 spiro atoms. The van der Waals surface area contributed by atoms with Crippen molar-refractivity contribution in [1.82, 2.24) is 9.97 Å². The Morgan fingerprint density at radius 1 is 1.40 bits per heavy atom. The van der Waals surface area contributed by atoms with Crippen molar-refractivity contribution in [1.29, 1.82) is 0 Å². The van der Waals surface area contributed by atoms with Crippen molar-refractivity contribution in [3.63, 3.8) is 0 Å². The van der Waals surface area contributed by atoms with Gasteiger partial charge in [0.25, 0.3) is 6.01 Å². The summed E-state index contributed by atoms with van der Waals surface area (Å²) in [6.07, 6.45) is 1.30. The number of oxazole rings is 1. The summed E-state index contributed by atoms with van der Waals surface area (Å²) < 4.78 is 10.1. The highest BCUT2D eigenvalue weighted by Gasteiger charge is 2.16. The second-order valence-electron chi connectivity index (χ2n) is 4.36. The van der Waals surface area contributed by atoms with E-state index in [9.17, 15) is 4.79 Å². The number of aromatic nitrogens is 2. The molecule has 0 fully saturated rings. The Morgan fingerprint density at radius 2 is 2.20 bits per heavy atom. The number of carbonyl (C=O) groups is 1. The lowest BCUT2D eigenvalue weighted by atomic mass is 10.3. The lowest BCUT2D eigenvalue weighted by molar-refractivity contribution is 0.0519. The fraction of sp³-hybridized carbons (Fsp3) is 0.357. The quantitative estimate of drug-likeness (QED) is 0.779. The van der Waals surface area contributed by atoms with Crippen LogP contribution in [0.15, 0.2) is 28.9 Å². The molecule has 2 aromatic rings. The second-order valence-corrected chi connectivity index (χ2v) is 4.36. The molecule has 0 radical (unpaired) electrons. The third-order valence-corrected chi connectivity index (χ3v) is 2.65. The van der Waals surface area contributed by atoms with Crippen LogP contribution >= 0.6 is 0 Å². The number of esters is 1. The summed E-state index contributed by atoms with van der Waals surface area (Å²) in [5.41, 5.74) is 2.03. The molecule has 0 saturated heterocycles. The smallest absolute Gasteiger partial charge is 0.360 e. The van der Waals surface area contributed by atoms with Crippen LogP contribution in [0.25, 0.3) is 0 Å². The van der Waals surface area contributed by atoms with Gasteiger partial charge in [-0.05, 0) is 26.0 Å². The van der Waals surface area contributed by atoms with Crippen molar-refractivity contribution in [2.24, 2.45) is 0 Å². The van der Waals surface area contributed by atoms with E-state index in [-0.39, 0.29) is 5.69 Å². The largest absolute Gasteiger partial charge is 0.461 e. The average molecular weight is 275 g/mol. The number of hydrogen-bond donors (Lipinski definition) is 0. The number of anilines is 1. The van der Waals surface area contributed by atoms with Crippen LogP contribution in [0.1, 0.15) is 28.8 Å². The minimum atomic E-state index is -0.482. The number of nitrogens with zero attached hydrogens (tertiary/aromatic N) is 3. The molecule has 2 rings (SSSR count). The van der Waals surface area contributed by atoms with Gasteiger partial charge in [-0.15, -0.1) is 0 Å². The predicted octanol–water partition coefficient (Wildman–Crippen LogP) is 2.19. The van der Waals surface area contributed by atoms with E-state index >= 15 is 0 Å². The maximum absolute atomic E-state index is 11.5. The van der Waals surface area contributed by atoms with E-state index in [0.29, 0.717) is 19.2 Å². The molecule has 6 heteroatoms. The van der Waals surface area contributed by atoms with E-state index < -0.39 is 5.97 Å². The van der Waals surface area contributed by atoms with Gasteiger partial charge in [-0.1, -0.05) is 6.07 Å². The molecule has 2 heterocycles. The molecule has 0 unspecified atom stereocenters. The summed E-state index contributed by atoms with van der Waals surface area (Å²) in [5, 5.41) is 0. The molecule has 0 aromatic carbocycles. The zero-order valence-corrected chi connectivity index (χ0v) is 11.8. The average Bonchev–Trinajstić information content (AvgIpc) is 2.88. The molecular formula is C14H17N3O3. The van der Waals surface area contributed by atoms with Gasteiger partial charge in [-0.25, -0.2) is 4.79 Å². The first kappa shape index (κ1) is 14.0. The van der Waals surface area contributed by atoms with E-state index in [1.54, 1.807) is 11.8 Å². The third kappa shape index (κ3) is 3.34. The van der Waals surface area contributed by atoms with Gasteiger partial charge in [-0.3, -0.25) is 4.98 Å². The minimum Gasteiger partial charge on any atom is -0.461 e. The summed E-state index contributed by atoms with van der Waals surface area (Å²) in [7, 11) is 1.82. The van der Waals surface area contributed by atoms with Crippen LogP contribution in [0.5, 0.6) is 0 Å². The van der Waals surface area contributed by atoms with Crippen LogP contribution in [-0.4, -0.2) is 29.6 Å².